The first-order valence-corrected chi connectivity index (χ1v) is 2.97. The van der Waals surface area contributed by atoms with Crippen LogP contribution in [0.3, 0.4) is 0 Å². The Hall–Kier alpha value is -0.730. The van der Waals surface area contributed by atoms with E-state index in [2.05, 4.69) is 0 Å². The van der Waals surface area contributed by atoms with Crippen molar-refractivity contribution in [3.05, 3.63) is 0 Å². The lowest BCUT2D eigenvalue weighted by Crippen LogP contribution is -2.72. The van der Waals surface area contributed by atoms with Gasteiger partial charge in [0.15, 0.2) is 5.66 Å². The van der Waals surface area contributed by atoms with E-state index in [9.17, 15) is 4.79 Å². The van der Waals surface area contributed by atoms with Crippen LogP contribution in [0.4, 0.5) is 0 Å². The first-order valence-electron chi connectivity index (χ1n) is 2.97. The van der Waals surface area contributed by atoms with Gasteiger partial charge in [-0.25, -0.2) is 16.8 Å². The smallest absolute Gasteiger partial charge is 0.287 e. The number of hydrazine groups is 2. The predicted octanol–water partition coefficient (Wildman–Crippen LogP) is -3.48. The van der Waals surface area contributed by atoms with Crippen molar-refractivity contribution in [3.8, 4) is 0 Å². The molecular formula is C4H14N6O. The van der Waals surface area contributed by atoms with E-state index in [1.165, 1.54) is 6.92 Å². The van der Waals surface area contributed by atoms with E-state index in [0.717, 1.165) is 0 Å². The Bertz CT molecular complexity index is 153. The molecule has 7 nitrogen and oxygen atoms in total. The fourth-order valence-electron chi connectivity index (χ4n) is 0.418. The fourth-order valence-corrected chi connectivity index (χ4v) is 0.418. The quantitative estimate of drug-likeness (QED) is 0.123. The standard InChI is InChI=1S/C4H14N6O/c1-2(5)4(6,7)3(11)10(8)9/h2H,5-9H2,1H3. The molecule has 0 aromatic carbocycles. The summed E-state index contributed by atoms with van der Waals surface area (Å²) < 4.78 is 0. The number of carbonyl (C=O) groups is 1. The maximum absolute atomic E-state index is 11.0. The number of carbonyl (C=O) groups excluding carboxylic acids is 1. The van der Waals surface area contributed by atoms with Crippen LogP contribution in [0.25, 0.3) is 0 Å². The largest absolute Gasteiger partial charge is 0.325 e. The fraction of sp³-hybridized carbons (Fsp3) is 0.750. The molecule has 0 aliphatic rings. The van der Waals surface area contributed by atoms with Crippen LogP contribution in [0.2, 0.25) is 0 Å². The molecule has 0 saturated heterocycles. The lowest BCUT2D eigenvalue weighted by Gasteiger charge is -2.28. The van der Waals surface area contributed by atoms with Crippen molar-refractivity contribution in [3.63, 3.8) is 0 Å². The van der Waals surface area contributed by atoms with E-state index < -0.39 is 17.6 Å². The average Bonchev–Trinajstić information content (AvgIpc) is 1.85. The third kappa shape index (κ3) is 2.10. The molecule has 0 heterocycles. The van der Waals surface area contributed by atoms with Gasteiger partial charge in [-0.15, -0.1) is 0 Å². The second-order valence-corrected chi connectivity index (χ2v) is 2.43. The van der Waals surface area contributed by atoms with Crippen molar-refractivity contribution < 1.29 is 4.79 Å². The zero-order valence-corrected chi connectivity index (χ0v) is 6.32. The Balaban J connectivity index is 4.43. The van der Waals surface area contributed by atoms with Crippen LogP contribution >= 0.6 is 0 Å². The van der Waals surface area contributed by atoms with Crippen molar-refractivity contribution in [2.75, 3.05) is 0 Å². The molecule has 1 atom stereocenters. The van der Waals surface area contributed by atoms with Gasteiger partial charge in [0.2, 0.25) is 0 Å². The first kappa shape index (κ1) is 10.3. The molecule has 1 unspecified atom stereocenters. The van der Waals surface area contributed by atoms with Crippen molar-refractivity contribution >= 4 is 5.91 Å². The van der Waals surface area contributed by atoms with Gasteiger partial charge >= 0.3 is 0 Å². The Kier molecular flexibility index (Phi) is 2.91. The average molecular weight is 162 g/mol. The summed E-state index contributed by atoms with van der Waals surface area (Å²) in [6, 6.07) is -0.718. The van der Waals surface area contributed by atoms with Gasteiger partial charge < -0.3 is 17.2 Å². The minimum Gasteiger partial charge on any atom is -0.325 e. The molecule has 0 saturated carbocycles. The summed E-state index contributed by atoms with van der Waals surface area (Å²) in [7, 11) is 0. The molecular weight excluding hydrogens is 148 g/mol. The highest BCUT2D eigenvalue weighted by Crippen LogP contribution is 1.97. The number of rotatable bonds is 2. The number of nitrogens with two attached hydrogens (primary N) is 5. The van der Waals surface area contributed by atoms with Gasteiger partial charge in [0.25, 0.3) is 5.91 Å². The molecule has 0 aromatic rings. The third-order valence-corrected chi connectivity index (χ3v) is 1.36. The van der Waals surface area contributed by atoms with Crippen molar-refractivity contribution in [1.29, 1.82) is 0 Å². The van der Waals surface area contributed by atoms with Gasteiger partial charge in [-0.3, -0.25) is 4.79 Å². The Morgan fingerprint density at radius 1 is 1.45 bits per heavy atom. The molecule has 1 amide bonds. The highest BCUT2D eigenvalue weighted by atomic mass is 16.2. The summed E-state index contributed by atoms with van der Waals surface area (Å²) >= 11 is 0. The minimum absolute atomic E-state index is 0.323. The third-order valence-electron chi connectivity index (χ3n) is 1.36. The Labute approximate surface area is 64.4 Å². The minimum atomic E-state index is -1.70. The van der Waals surface area contributed by atoms with E-state index in [4.69, 9.17) is 28.9 Å². The molecule has 66 valence electrons. The van der Waals surface area contributed by atoms with Gasteiger partial charge in [0.1, 0.15) is 0 Å². The molecule has 0 radical (unpaired) electrons. The van der Waals surface area contributed by atoms with Gasteiger partial charge in [-0.2, -0.15) is 0 Å². The van der Waals surface area contributed by atoms with E-state index in [0.29, 0.717) is 5.12 Å². The predicted molar refractivity (Wildman–Crippen MR) is 40.0 cm³/mol. The summed E-state index contributed by atoms with van der Waals surface area (Å²) in [5.41, 5.74) is 14.2. The van der Waals surface area contributed by atoms with E-state index in [1.54, 1.807) is 0 Å². The molecule has 7 heteroatoms. The number of amides is 1. The number of nitrogens with zero attached hydrogens (tertiary/aromatic N) is 1. The van der Waals surface area contributed by atoms with Crippen molar-refractivity contribution in [2.24, 2.45) is 28.9 Å². The molecule has 0 fully saturated rings. The van der Waals surface area contributed by atoms with Crippen molar-refractivity contribution in [2.45, 2.75) is 18.6 Å². The lowest BCUT2D eigenvalue weighted by molar-refractivity contribution is -0.138. The Morgan fingerprint density at radius 2 is 1.82 bits per heavy atom. The summed E-state index contributed by atoms with van der Waals surface area (Å²) in [5, 5.41) is 0.323. The molecule has 10 N–H and O–H groups in total. The summed E-state index contributed by atoms with van der Waals surface area (Å²) in [6.07, 6.45) is 0. The first-order chi connectivity index (χ1) is 4.80. The van der Waals surface area contributed by atoms with E-state index in [1.807, 2.05) is 0 Å². The highest BCUT2D eigenvalue weighted by Gasteiger charge is 2.35. The number of hydrogen-bond donors (Lipinski definition) is 5. The van der Waals surface area contributed by atoms with Crippen LogP contribution < -0.4 is 28.9 Å². The Morgan fingerprint density at radius 3 is 1.91 bits per heavy atom. The maximum atomic E-state index is 11.0. The topological polar surface area (TPSA) is 150 Å². The summed E-state index contributed by atoms with van der Waals surface area (Å²) in [4.78, 5) is 11.0. The normalized spacial score (nSPS) is 14.4. The number of hydrogen-bond acceptors (Lipinski definition) is 6. The van der Waals surface area contributed by atoms with E-state index in [-0.39, 0.29) is 0 Å². The zero-order valence-electron chi connectivity index (χ0n) is 6.32. The summed E-state index contributed by atoms with van der Waals surface area (Å²) in [5.74, 6) is 9.00. The monoisotopic (exact) mass is 162 g/mol. The van der Waals surface area contributed by atoms with Crippen LogP contribution in [-0.4, -0.2) is 22.7 Å². The van der Waals surface area contributed by atoms with Crippen LogP contribution in [0.15, 0.2) is 0 Å². The highest BCUT2D eigenvalue weighted by molar-refractivity contribution is 5.85. The lowest BCUT2D eigenvalue weighted by atomic mass is 10.0. The van der Waals surface area contributed by atoms with Gasteiger partial charge in [-0.1, -0.05) is 0 Å². The second-order valence-electron chi connectivity index (χ2n) is 2.43. The SMILES string of the molecule is CC(N)C(N)(N)C(=O)N(N)N. The second kappa shape index (κ2) is 3.11. The summed E-state index contributed by atoms with van der Waals surface area (Å²) in [6.45, 7) is 1.49. The molecule has 0 aromatic heterocycles. The molecule has 0 rings (SSSR count). The van der Waals surface area contributed by atoms with Crippen LogP contribution in [-0.2, 0) is 4.79 Å². The van der Waals surface area contributed by atoms with Crippen LogP contribution in [0.5, 0.6) is 0 Å². The van der Waals surface area contributed by atoms with E-state index >= 15 is 0 Å². The van der Waals surface area contributed by atoms with Crippen molar-refractivity contribution in [1.82, 2.24) is 5.12 Å². The van der Waals surface area contributed by atoms with Gasteiger partial charge in [0, 0.05) is 6.04 Å². The molecule has 11 heavy (non-hydrogen) atoms. The van der Waals surface area contributed by atoms with Gasteiger partial charge in [-0.05, 0) is 6.92 Å². The van der Waals surface area contributed by atoms with Gasteiger partial charge in [0.05, 0.1) is 0 Å². The van der Waals surface area contributed by atoms with Crippen LogP contribution in [0, 0.1) is 0 Å². The van der Waals surface area contributed by atoms with Crippen LogP contribution in [0.1, 0.15) is 6.92 Å². The molecule has 0 spiro atoms. The zero-order chi connectivity index (χ0) is 9.23. The molecule has 0 bridgehead atoms. The maximum Gasteiger partial charge on any atom is 0.287 e. The molecule has 0 aliphatic heterocycles. The molecule has 0 aliphatic carbocycles.